The monoisotopic (exact) mass is 260 g/mol. The van der Waals surface area contributed by atoms with Crippen LogP contribution in [-0.4, -0.2) is 0 Å². The summed E-state index contributed by atoms with van der Waals surface area (Å²) in [6.07, 6.45) is 1.70. The van der Waals surface area contributed by atoms with Crippen molar-refractivity contribution in [1.29, 1.82) is 0 Å². The normalized spacial score (nSPS) is 12.5. The number of nitrogens with one attached hydrogen (secondary N) is 1. The van der Waals surface area contributed by atoms with E-state index in [0.717, 1.165) is 10.0 Å². The standard InChI is InChI=1S/C9H10BrClN2/c1-2-8(13-12)6-4-3-5-7(10)9(6)11/h2-5,8,13H,1,12H2. The number of rotatable bonds is 3. The van der Waals surface area contributed by atoms with Gasteiger partial charge in [-0.25, -0.2) is 5.43 Å². The van der Waals surface area contributed by atoms with E-state index in [-0.39, 0.29) is 6.04 Å². The van der Waals surface area contributed by atoms with Crippen molar-refractivity contribution in [2.75, 3.05) is 0 Å². The Morgan fingerprint density at radius 2 is 2.31 bits per heavy atom. The van der Waals surface area contributed by atoms with Crippen molar-refractivity contribution in [2.45, 2.75) is 6.04 Å². The van der Waals surface area contributed by atoms with E-state index < -0.39 is 0 Å². The first kappa shape index (κ1) is 10.7. The minimum Gasteiger partial charge on any atom is -0.271 e. The summed E-state index contributed by atoms with van der Waals surface area (Å²) in [6.45, 7) is 3.66. The zero-order valence-corrected chi connectivity index (χ0v) is 9.27. The predicted molar refractivity (Wildman–Crippen MR) is 59.4 cm³/mol. The molecule has 13 heavy (non-hydrogen) atoms. The van der Waals surface area contributed by atoms with Crippen molar-refractivity contribution in [2.24, 2.45) is 5.84 Å². The minimum atomic E-state index is -0.120. The van der Waals surface area contributed by atoms with Gasteiger partial charge in [-0.2, -0.15) is 0 Å². The SMILES string of the molecule is C=CC(NN)c1cccc(Br)c1Cl. The molecule has 0 heterocycles. The first-order valence-corrected chi connectivity index (χ1v) is 4.90. The second-order valence-electron chi connectivity index (χ2n) is 2.52. The summed E-state index contributed by atoms with van der Waals surface area (Å²) in [7, 11) is 0. The molecule has 0 fully saturated rings. The largest absolute Gasteiger partial charge is 0.271 e. The molecule has 0 aliphatic rings. The third kappa shape index (κ3) is 2.31. The van der Waals surface area contributed by atoms with Crippen LogP contribution in [0.4, 0.5) is 0 Å². The molecular weight excluding hydrogens is 251 g/mol. The maximum Gasteiger partial charge on any atom is 0.0653 e. The van der Waals surface area contributed by atoms with E-state index in [9.17, 15) is 0 Å². The van der Waals surface area contributed by atoms with Crippen LogP contribution in [-0.2, 0) is 0 Å². The fourth-order valence-corrected chi connectivity index (χ4v) is 1.67. The van der Waals surface area contributed by atoms with Crippen LogP contribution in [0.5, 0.6) is 0 Å². The highest BCUT2D eigenvalue weighted by atomic mass is 79.9. The van der Waals surface area contributed by atoms with Gasteiger partial charge < -0.3 is 0 Å². The first-order chi connectivity index (χ1) is 6.20. The molecule has 0 bridgehead atoms. The molecule has 1 atom stereocenters. The molecule has 0 aliphatic heterocycles. The van der Waals surface area contributed by atoms with Gasteiger partial charge in [-0.1, -0.05) is 29.8 Å². The van der Waals surface area contributed by atoms with E-state index in [4.69, 9.17) is 17.4 Å². The van der Waals surface area contributed by atoms with Crippen LogP contribution in [0.1, 0.15) is 11.6 Å². The van der Waals surface area contributed by atoms with Crippen molar-refractivity contribution < 1.29 is 0 Å². The molecule has 1 rings (SSSR count). The number of benzene rings is 1. The van der Waals surface area contributed by atoms with Gasteiger partial charge in [-0.3, -0.25) is 5.84 Å². The van der Waals surface area contributed by atoms with Crippen LogP contribution < -0.4 is 11.3 Å². The smallest absolute Gasteiger partial charge is 0.0653 e. The molecular formula is C9H10BrClN2. The summed E-state index contributed by atoms with van der Waals surface area (Å²) in [6, 6.07) is 5.56. The van der Waals surface area contributed by atoms with Gasteiger partial charge in [0.05, 0.1) is 11.1 Å². The van der Waals surface area contributed by atoms with Gasteiger partial charge in [0, 0.05) is 4.47 Å². The van der Waals surface area contributed by atoms with Crippen molar-refractivity contribution in [1.82, 2.24) is 5.43 Å². The van der Waals surface area contributed by atoms with Crippen molar-refractivity contribution in [3.8, 4) is 0 Å². The lowest BCUT2D eigenvalue weighted by Gasteiger charge is -2.13. The Balaban J connectivity index is 3.13. The Morgan fingerprint density at radius 1 is 1.62 bits per heavy atom. The van der Waals surface area contributed by atoms with Crippen molar-refractivity contribution >= 4 is 27.5 Å². The van der Waals surface area contributed by atoms with Gasteiger partial charge in [0.25, 0.3) is 0 Å². The molecule has 0 aromatic heterocycles. The van der Waals surface area contributed by atoms with Crippen molar-refractivity contribution in [3.05, 3.63) is 45.9 Å². The number of hydrogen-bond donors (Lipinski definition) is 2. The Morgan fingerprint density at radius 3 is 2.85 bits per heavy atom. The highest BCUT2D eigenvalue weighted by molar-refractivity contribution is 9.10. The van der Waals surface area contributed by atoms with E-state index >= 15 is 0 Å². The van der Waals surface area contributed by atoms with Crippen LogP contribution in [0.3, 0.4) is 0 Å². The fourth-order valence-electron chi connectivity index (χ4n) is 1.05. The Bertz CT molecular complexity index is 314. The van der Waals surface area contributed by atoms with Crippen LogP contribution in [0.2, 0.25) is 5.02 Å². The lowest BCUT2D eigenvalue weighted by Crippen LogP contribution is -2.26. The van der Waals surface area contributed by atoms with Crippen molar-refractivity contribution in [3.63, 3.8) is 0 Å². The lowest BCUT2D eigenvalue weighted by atomic mass is 10.1. The average molecular weight is 262 g/mol. The number of nitrogens with two attached hydrogens (primary N) is 1. The highest BCUT2D eigenvalue weighted by Gasteiger charge is 2.10. The highest BCUT2D eigenvalue weighted by Crippen LogP contribution is 2.30. The van der Waals surface area contributed by atoms with E-state index in [0.29, 0.717) is 5.02 Å². The van der Waals surface area contributed by atoms with Gasteiger partial charge in [0.15, 0.2) is 0 Å². The van der Waals surface area contributed by atoms with Gasteiger partial charge in [-0.15, -0.1) is 6.58 Å². The molecule has 1 aromatic rings. The molecule has 0 saturated carbocycles. The molecule has 1 unspecified atom stereocenters. The maximum absolute atomic E-state index is 6.06. The average Bonchev–Trinajstić information content (AvgIpc) is 2.14. The van der Waals surface area contributed by atoms with E-state index in [1.54, 1.807) is 6.08 Å². The molecule has 0 aliphatic carbocycles. The topological polar surface area (TPSA) is 38.0 Å². The van der Waals surface area contributed by atoms with E-state index in [2.05, 4.69) is 27.9 Å². The summed E-state index contributed by atoms with van der Waals surface area (Å²) in [5.74, 6) is 5.34. The maximum atomic E-state index is 6.06. The Hall–Kier alpha value is -0.350. The molecule has 2 nitrogen and oxygen atoms in total. The van der Waals surface area contributed by atoms with Gasteiger partial charge in [-0.05, 0) is 27.6 Å². The first-order valence-electron chi connectivity index (χ1n) is 3.73. The summed E-state index contributed by atoms with van der Waals surface area (Å²) >= 11 is 9.39. The second-order valence-corrected chi connectivity index (χ2v) is 3.76. The Labute approximate surface area is 90.9 Å². The van der Waals surface area contributed by atoms with Crippen LogP contribution in [0.15, 0.2) is 35.3 Å². The molecule has 0 amide bonds. The molecule has 70 valence electrons. The third-order valence-electron chi connectivity index (χ3n) is 1.73. The third-order valence-corrected chi connectivity index (χ3v) is 3.04. The minimum absolute atomic E-state index is 0.120. The van der Waals surface area contributed by atoms with E-state index in [1.807, 2.05) is 18.2 Å². The number of halogens is 2. The lowest BCUT2D eigenvalue weighted by molar-refractivity contribution is 0.656. The van der Waals surface area contributed by atoms with Crippen LogP contribution in [0.25, 0.3) is 0 Å². The Kier molecular flexibility index (Phi) is 3.93. The van der Waals surface area contributed by atoms with Crippen LogP contribution in [0, 0.1) is 0 Å². The molecule has 3 N–H and O–H groups in total. The van der Waals surface area contributed by atoms with Crippen LogP contribution >= 0.6 is 27.5 Å². The predicted octanol–water partition coefficient (Wildman–Crippen LogP) is 2.79. The van der Waals surface area contributed by atoms with Gasteiger partial charge in [0.2, 0.25) is 0 Å². The summed E-state index contributed by atoms with van der Waals surface area (Å²) < 4.78 is 0.855. The zero-order valence-electron chi connectivity index (χ0n) is 6.93. The van der Waals surface area contributed by atoms with Gasteiger partial charge in [0.1, 0.15) is 0 Å². The summed E-state index contributed by atoms with van der Waals surface area (Å²) in [5.41, 5.74) is 3.52. The molecule has 4 heteroatoms. The fraction of sp³-hybridized carbons (Fsp3) is 0.111. The second kappa shape index (κ2) is 4.77. The molecule has 0 radical (unpaired) electrons. The summed E-state index contributed by atoms with van der Waals surface area (Å²) in [5, 5.41) is 0.658. The van der Waals surface area contributed by atoms with Gasteiger partial charge >= 0.3 is 0 Å². The molecule has 1 aromatic carbocycles. The summed E-state index contributed by atoms with van der Waals surface area (Å²) in [4.78, 5) is 0. The zero-order chi connectivity index (χ0) is 9.84. The molecule has 0 saturated heterocycles. The quantitative estimate of drug-likeness (QED) is 0.499. The number of hydrazine groups is 1. The molecule has 0 spiro atoms. The van der Waals surface area contributed by atoms with E-state index in [1.165, 1.54) is 0 Å². The number of hydrogen-bond acceptors (Lipinski definition) is 2.